The fourth-order valence-electron chi connectivity index (χ4n) is 1.33. The Morgan fingerprint density at radius 2 is 2.35 bits per heavy atom. The average molecular weight is 260 g/mol. The molecule has 1 saturated heterocycles. The minimum Gasteiger partial charge on any atom is -0.466 e. The molecule has 0 aromatic rings. The van der Waals surface area contributed by atoms with Crippen LogP contribution in [0.3, 0.4) is 0 Å². The molecule has 2 N–H and O–H groups in total. The zero-order chi connectivity index (χ0) is 12.7. The molecule has 17 heavy (non-hydrogen) atoms. The molecule has 0 bridgehead atoms. The maximum atomic E-state index is 11.5. The molecule has 96 valence electrons. The highest BCUT2D eigenvalue weighted by atomic mass is 32.2. The van der Waals surface area contributed by atoms with E-state index in [1.54, 1.807) is 6.92 Å². The average Bonchev–Trinajstić information content (AvgIpc) is 2.71. The van der Waals surface area contributed by atoms with Crippen LogP contribution in [0.15, 0.2) is 0 Å². The predicted molar refractivity (Wildman–Crippen MR) is 63.7 cm³/mol. The van der Waals surface area contributed by atoms with Crippen molar-refractivity contribution in [1.82, 2.24) is 10.6 Å². The first-order valence-electron chi connectivity index (χ1n) is 5.50. The predicted octanol–water partition coefficient (Wildman–Crippen LogP) is 0.271. The fraction of sp³-hybridized carbons (Fsp3) is 0.700. The van der Waals surface area contributed by atoms with Crippen molar-refractivity contribution in [2.24, 2.45) is 0 Å². The molecule has 0 aromatic carbocycles. The number of carbonyl (C=O) groups excluding carboxylic acids is 3. The van der Waals surface area contributed by atoms with Crippen LogP contribution in [-0.2, 0) is 14.3 Å². The van der Waals surface area contributed by atoms with E-state index in [1.165, 1.54) is 0 Å². The van der Waals surface area contributed by atoms with Crippen molar-refractivity contribution >= 4 is 28.9 Å². The van der Waals surface area contributed by atoms with Gasteiger partial charge in [-0.3, -0.25) is 14.4 Å². The molecule has 0 radical (unpaired) electrons. The fourth-order valence-corrected chi connectivity index (χ4v) is 2.10. The highest BCUT2D eigenvalue weighted by molar-refractivity contribution is 8.14. The Hall–Kier alpha value is -1.24. The molecule has 1 rings (SSSR count). The zero-order valence-corrected chi connectivity index (χ0v) is 10.5. The van der Waals surface area contributed by atoms with E-state index in [1.807, 2.05) is 0 Å². The summed E-state index contributed by atoms with van der Waals surface area (Å²) in [6.45, 7) is 2.53. The van der Waals surface area contributed by atoms with Gasteiger partial charge in [-0.15, -0.1) is 0 Å². The van der Waals surface area contributed by atoms with Crippen molar-refractivity contribution in [2.75, 3.05) is 18.9 Å². The van der Waals surface area contributed by atoms with E-state index in [4.69, 9.17) is 4.74 Å². The number of ether oxygens (including phenoxy) is 1. The minimum absolute atomic E-state index is 0.170. The standard InChI is InChI=1S/C10H16N2O4S/c1-2-16-8(13)4-3-5-11-9(14)7-6-17-10(15)12-7/h7H,2-6H2,1H3,(H,11,14)(H,12,15)/t7-/m0/s1. The van der Waals surface area contributed by atoms with E-state index in [-0.39, 0.29) is 17.1 Å². The zero-order valence-electron chi connectivity index (χ0n) is 9.65. The van der Waals surface area contributed by atoms with E-state index in [0.29, 0.717) is 31.7 Å². The SMILES string of the molecule is CCOC(=O)CCCNC(=O)[C@@H]1CSC(=O)N1. The summed E-state index contributed by atoms with van der Waals surface area (Å²) in [4.78, 5) is 33.4. The summed E-state index contributed by atoms with van der Waals surface area (Å²) < 4.78 is 4.75. The van der Waals surface area contributed by atoms with Gasteiger partial charge in [0.25, 0.3) is 5.24 Å². The molecule has 0 unspecified atom stereocenters. The van der Waals surface area contributed by atoms with Crippen molar-refractivity contribution < 1.29 is 19.1 Å². The quantitative estimate of drug-likeness (QED) is 0.529. The molecule has 1 heterocycles. The van der Waals surface area contributed by atoms with Crippen LogP contribution in [0.4, 0.5) is 4.79 Å². The van der Waals surface area contributed by atoms with Crippen LogP contribution in [-0.4, -0.2) is 42.1 Å². The second kappa shape index (κ2) is 7.16. The van der Waals surface area contributed by atoms with Crippen LogP contribution >= 0.6 is 11.8 Å². The molecule has 0 saturated carbocycles. The molecule has 0 aromatic heterocycles. The van der Waals surface area contributed by atoms with Crippen LogP contribution < -0.4 is 10.6 Å². The summed E-state index contributed by atoms with van der Waals surface area (Å²) in [5.41, 5.74) is 0. The van der Waals surface area contributed by atoms with Crippen LogP contribution in [0.25, 0.3) is 0 Å². The Bertz CT molecular complexity index is 309. The summed E-state index contributed by atoms with van der Waals surface area (Å²) in [5, 5.41) is 5.04. The molecule has 1 fully saturated rings. The van der Waals surface area contributed by atoms with Gasteiger partial charge in [0, 0.05) is 18.7 Å². The van der Waals surface area contributed by atoms with Gasteiger partial charge in [-0.25, -0.2) is 0 Å². The summed E-state index contributed by atoms with van der Waals surface area (Å²) >= 11 is 1.10. The van der Waals surface area contributed by atoms with Crippen molar-refractivity contribution in [2.45, 2.75) is 25.8 Å². The molecule has 1 aliphatic heterocycles. The Kier molecular flexibility index (Phi) is 5.82. The van der Waals surface area contributed by atoms with E-state index in [9.17, 15) is 14.4 Å². The van der Waals surface area contributed by atoms with Crippen molar-refractivity contribution in [1.29, 1.82) is 0 Å². The van der Waals surface area contributed by atoms with Gasteiger partial charge < -0.3 is 15.4 Å². The van der Waals surface area contributed by atoms with Gasteiger partial charge in [-0.1, -0.05) is 11.8 Å². The summed E-state index contributed by atoms with van der Waals surface area (Å²) in [6, 6.07) is -0.449. The minimum atomic E-state index is -0.449. The van der Waals surface area contributed by atoms with Gasteiger partial charge in [0.2, 0.25) is 5.91 Å². The van der Waals surface area contributed by atoms with Crippen molar-refractivity contribution in [3.8, 4) is 0 Å². The molecule has 1 aliphatic rings. The molecule has 2 amide bonds. The largest absolute Gasteiger partial charge is 0.466 e. The molecular weight excluding hydrogens is 244 g/mol. The smallest absolute Gasteiger partial charge is 0.305 e. The number of nitrogens with one attached hydrogen (secondary N) is 2. The number of hydrogen-bond acceptors (Lipinski definition) is 5. The lowest BCUT2D eigenvalue weighted by Gasteiger charge is -2.09. The molecule has 1 atom stereocenters. The molecule has 6 nitrogen and oxygen atoms in total. The Labute approximate surface area is 104 Å². The lowest BCUT2D eigenvalue weighted by Crippen LogP contribution is -2.43. The van der Waals surface area contributed by atoms with E-state index in [2.05, 4.69) is 10.6 Å². The van der Waals surface area contributed by atoms with Crippen LogP contribution in [0.2, 0.25) is 0 Å². The second-order valence-corrected chi connectivity index (χ2v) is 4.49. The lowest BCUT2D eigenvalue weighted by atomic mass is 10.3. The van der Waals surface area contributed by atoms with Gasteiger partial charge in [0.1, 0.15) is 6.04 Å². The van der Waals surface area contributed by atoms with Crippen LogP contribution in [0.5, 0.6) is 0 Å². The van der Waals surface area contributed by atoms with Gasteiger partial charge in [0.05, 0.1) is 6.61 Å². The lowest BCUT2D eigenvalue weighted by molar-refractivity contribution is -0.143. The molecule has 0 spiro atoms. The maximum absolute atomic E-state index is 11.5. The summed E-state index contributed by atoms with van der Waals surface area (Å²) in [7, 11) is 0. The first-order valence-corrected chi connectivity index (χ1v) is 6.48. The Balaban J connectivity index is 2.08. The maximum Gasteiger partial charge on any atom is 0.305 e. The van der Waals surface area contributed by atoms with E-state index < -0.39 is 6.04 Å². The van der Waals surface area contributed by atoms with Crippen LogP contribution in [0, 0.1) is 0 Å². The normalized spacial score (nSPS) is 18.6. The number of amides is 2. The second-order valence-electron chi connectivity index (χ2n) is 3.49. The third kappa shape index (κ3) is 5.08. The highest BCUT2D eigenvalue weighted by Gasteiger charge is 2.27. The monoisotopic (exact) mass is 260 g/mol. The third-order valence-corrected chi connectivity index (χ3v) is 3.03. The Morgan fingerprint density at radius 1 is 1.59 bits per heavy atom. The number of hydrogen-bond donors (Lipinski definition) is 2. The Morgan fingerprint density at radius 3 is 2.94 bits per heavy atom. The highest BCUT2D eigenvalue weighted by Crippen LogP contribution is 2.12. The van der Waals surface area contributed by atoms with Crippen molar-refractivity contribution in [3.05, 3.63) is 0 Å². The van der Waals surface area contributed by atoms with Gasteiger partial charge in [0.15, 0.2) is 0 Å². The summed E-state index contributed by atoms with van der Waals surface area (Å²) in [6.07, 6.45) is 0.832. The number of rotatable bonds is 6. The van der Waals surface area contributed by atoms with E-state index >= 15 is 0 Å². The van der Waals surface area contributed by atoms with E-state index in [0.717, 1.165) is 11.8 Å². The first kappa shape index (κ1) is 13.8. The molecular formula is C10H16N2O4S. The third-order valence-electron chi connectivity index (χ3n) is 2.15. The van der Waals surface area contributed by atoms with Gasteiger partial charge in [-0.2, -0.15) is 0 Å². The molecule has 7 heteroatoms. The molecule has 0 aliphatic carbocycles. The number of carbonyl (C=O) groups is 3. The van der Waals surface area contributed by atoms with Crippen LogP contribution in [0.1, 0.15) is 19.8 Å². The number of esters is 1. The number of thioether (sulfide) groups is 1. The summed E-state index contributed by atoms with van der Waals surface area (Å²) in [5.74, 6) is 0.00130. The first-order chi connectivity index (χ1) is 8.13. The topological polar surface area (TPSA) is 84.5 Å². The van der Waals surface area contributed by atoms with Crippen molar-refractivity contribution in [3.63, 3.8) is 0 Å². The van der Waals surface area contributed by atoms with Gasteiger partial charge in [-0.05, 0) is 13.3 Å². The van der Waals surface area contributed by atoms with Gasteiger partial charge >= 0.3 is 5.97 Å².